The van der Waals surface area contributed by atoms with Gasteiger partial charge in [-0.1, -0.05) is 13.8 Å². The van der Waals surface area contributed by atoms with Crippen LogP contribution in [0.3, 0.4) is 0 Å². The minimum atomic E-state index is 0.00334. The number of nitrogens with one attached hydrogen (secondary N) is 2. The second-order valence-corrected chi connectivity index (χ2v) is 4.02. The molecule has 0 aliphatic carbocycles. The van der Waals surface area contributed by atoms with Crippen LogP contribution in [0.25, 0.3) is 0 Å². The molecule has 1 heterocycles. The van der Waals surface area contributed by atoms with Gasteiger partial charge in [0.05, 0.1) is 0 Å². The lowest BCUT2D eigenvalue weighted by atomic mass is 10.0. The Labute approximate surface area is 90.1 Å². The zero-order valence-electron chi connectivity index (χ0n) is 9.85. The number of rotatable bonds is 4. The molecule has 4 nitrogen and oxygen atoms in total. The van der Waals surface area contributed by atoms with Crippen LogP contribution < -0.4 is 10.9 Å². The van der Waals surface area contributed by atoms with Gasteiger partial charge < -0.3 is 10.3 Å². The van der Waals surface area contributed by atoms with Crippen molar-refractivity contribution in [2.24, 2.45) is 0 Å². The van der Waals surface area contributed by atoms with E-state index in [4.69, 9.17) is 0 Å². The van der Waals surface area contributed by atoms with Gasteiger partial charge >= 0.3 is 0 Å². The van der Waals surface area contributed by atoms with Gasteiger partial charge in [-0.05, 0) is 19.9 Å². The Morgan fingerprint density at radius 2 is 2.13 bits per heavy atom. The fourth-order valence-corrected chi connectivity index (χ4v) is 1.70. The zero-order valence-corrected chi connectivity index (χ0v) is 9.85. The van der Waals surface area contributed by atoms with E-state index in [-0.39, 0.29) is 11.5 Å². The predicted molar refractivity (Wildman–Crippen MR) is 61.3 cm³/mol. The topological polar surface area (TPSA) is 57.8 Å². The van der Waals surface area contributed by atoms with Crippen molar-refractivity contribution in [3.8, 4) is 0 Å². The van der Waals surface area contributed by atoms with E-state index in [1.807, 2.05) is 27.8 Å². The number of hydrogen-bond donors (Lipinski definition) is 2. The van der Waals surface area contributed by atoms with Crippen LogP contribution in [0.4, 0.5) is 0 Å². The maximum absolute atomic E-state index is 11.7. The number of aromatic amines is 1. The number of likely N-dealkylation sites (N-methyl/N-ethyl adjacent to an activating group) is 1. The quantitative estimate of drug-likeness (QED) is 0.776. The molecule has 0 bridgehead atoms. The number of aryl methyl sites for hydroxylation is 1. The van der Waals surface area contributed by atoms with Crippen LogP contribution in [0.1, 0.15) is 36.8 Å². The highest BCUT2D eigenvalue weighted by molar-refractivity contribution is 5.20. The molecule has 0 saturated carbocycles. The molecule has 1 rings (SSSR count). The van der Waals surface area contributed by atoms with Gasteiger partial charge in [-0.25, -0.2) is 4.98 Å². The largest absolute Gasteiger partial charge is 0.319 e. The van der Waals surface area contributed by atoms with Gasteiger partial charge in [-0.15, -0.1) is 0 Å². The Balaban J connectivity index is 3.03. The van der Waals surface area contributed by atoms with Gasteiger partial charge in [0.15, 0.2) is 0 Å². The molecule has 84 valence electrons. The number of hydrogen-bond acceptors (Lipinski definition) is 3. The van der Waals surface area contributed by atoms with E-state index in [0.717, 1.165) is 30.0 Å². The van der Waals surface area contributed by atoms with Gasteiger partial charge in [0.1, 0.15) is 5.82 Å². The molecule has 0 fully saturated rings. The van der Waals surface area contributed by atoms with Gasteiger partial charge in [0.2, 0.25) is 0 Å². The highest BCUT2D eigenvalue weighted by Crippen LogP contribution is 2.11. The number of aromatic nitrogens is 2. The lowest BCUT2D eigenvalue weighted by Gasteiger charge is -2.09. The molecule has 0 spiro atoms. The summed E-state index contributed by atoms with van der Waals surface area (Å²) in [5.41, 5.74) is 1.65. The van der Waals surface area contributed by atoms with Crippen molar-refractivity contribution < 1.29 is 0 Å². The summed E-state index contributed by atoms with van der Waals surface area (Å²) >= 11 is 0. The molecule has 0 amide bonds. The van der Waals surface area contributed by atoms with E-state index in [1.165, 1.54) is 0 Å². The lowest BCUT2D eigenvalue weighted by Crippen LogP contribution is -2.22. The molecule has 1 aromatic heterocycles. The Morgan fingerprint density at radius 1 is 1.47 bits per heavy atom. The molecule has 2 N–H and O–H groups in total. The van der Waals surface area contributed by atoms with Crippen molar-refractivity contribution in [1.82, 2.24) is 15.3 Å². The first-order valence-electron chi connectivity index (χ1n) is 5.30. The fraction of sp³-hybridized carbons (Fsp3) is 0.636. The van der Waals surface area contributed by atoms with Crippen molar-refractivity contribution >= 4 is 0 Å². The van der Waals surface area contributed by atoms with Gasteiger partial charge in [0.25, 0.3) is 5.56 Å². The fourth-order valence-electron chi connectivity index (χ4n) is 1.70. The van der Waals surface area contributed by atoms with Gasteiger partial charge in [-0.3, -0.25) is 4.79 Å². The van der Waals surface area contributed by atoms with Crippen molar-refractivity contribution in [3.63, 3.8) is 0 Å². The smallest absolute Gasteiger partial charge is 0.254 e. The molecule has 4 heteroatoms. The van der Waals surface area contributed by atoms with Crippen LogP contribution in [0, 0.1) is 6.92 Å². The van der Waals surface area contributed by atoms with E-state index in [9.17, 15) is 4.79 Å². The summed E-state index contributed by atoms with van der Waals surface area (Å²) in [7, 11) is 1.88. The second kappa shape index (κ2) is 5.07. The number of H-pyrrole nitrogens is 1. The van der Waals surface area contributed by atoms with Gasteiger partial charge in [0, 0.05) is 24.2 Å². The third-order valence-electron chi connectivity index (χ3n) is 2.38. The second-order valence-electron chi connectivity index (χ2n) is 4.02. The van der Waals surface area contributed by atoms with Crippen LogP contribution >= 0.6 is 0 Å². The molecule has 0 atom stereocenters. The molecule has 0 aliphatic heterocycles. The van der Waals surface area contributed by atoms with Crippen molar-refractivity contribution in [2.45, 2.75) is 33.1 Å². The minimum absolute atomic E-state index is 0.00334. The zero-order chi connectivity index (χ0) is 11.4. The van der Waals surface area contributed by atoms with E-state index in [1.54, 1.807) is 0 Å². The minimum Gasteiger partial charge on any atom is -0.319 e. The summed E-state index contributed by atoms with van der Waals surface area (Å²) in [6, 6.07) is 0. The summed E-state index contributed by atoms with van der Waals surface area (Å²) in [6.07, 6.45) is 0.755. The normalized spacial score (nSPS) is 11.0. The summed E-state index contributed by atoms with van der Waals surface area (Å²) < 4.78 is 0. The molecule has 0 aromatic carbocycles. The van der Waals surface area contributed by atoms with Crippen LogP contribution in [-0.2, 0) is 6.42 Å². The van der Waals surface area contributed by atoms with Crippen LogP contribution in [0.2, 0.25) is 0 Å². The standard InChI is InChI=1S/C11H19N3O/c1-7(2)10-8(3)13-9(5-6-12-4)14-11(10)15/h7,12H,5-6H2,1-4H3,(H,13,14,15). The molecule has 1 aromatic rings. The summed E-state index contributed by atoms with van der Waals surface area (Å²) in [4.78, 5) is 19.0. The number of nitrogens with zero attached hydrogens (tertiary/aromatic N) is 1. The Bertz CT molecular complexity index is 382. The Kier molecular flexibility index (Phi) is 4.03. The average molecular weight is 209 g/mol. The molecule has 0 unspecified atom stereocenters. The first-order valence-corrected chi connectivity index (χ1v) is 5.30. The summed E-state index contributed by atoms with van der Waals surface area (Å²) in [6.45, 7) is 6.73. The Hall–Kier alpha value is -1.16. The lowest BCUT2D eigenvalue weighted by molar-refractivity contribution is 0.729. The summed E-state index contributed by atoms with van der Waals surface area (Å²) in [5.74, 6) is 0.982. The molecule has 0 radical (unpaired) electrons. The third-order valence-corrected chi connectivity index (χ3v) is 2.38. The van der Waals surface area contributed by atoms with E-state index >= 15 is 0 Å². The molecule has 15 heavy (non-hydrogen) atoms. The molecule has 0 aliphatic rings. The monoisotopic (exact) mass is 209 g/mol. The van der Waals surface area contributed by atoms with Crippen molar-refractivity contribution in [3.05, 3.63) is 27.4 Å². The maximum atomic E-state index is 11.7. The molecular formula is C11H19N3O. The van der Waals surface area contributed by atoms with Crippen LogP contribution in [-0.4, -0.2) is 23.6 Å². The SMILES string of the molecule is CNCCc1nc(C)c(C(C)C)c(=O)[nH]1. The molecular weight excluding hydrogens is 190 g/mol. The first kappa shape index (κ1) is 11.9. The third kappa shape index (κ3) is 2.89. The predicted octanol–water partition coefficient (Wildman–Crippen LogP) is 0.964. The molecule has 0 saturated heterocycles. The van der Waals surface area contributed by atoms with E-state index in [2.05, 4.69) is 15.3 Å². The highest BCUT2D eigenvalue weighted by atomic mass is 16.1. The Morgan fingerprint density at radius 3 is 2.60 bits per heavy atom. The van der Waals surface area contributed by atoms with Crippen LogP contribution in [0.5, 0.6) is 0 Å². The van der Waals surface area contributed by atoms with Crippen molar-refractivity contribution in [1.29, 1.82) is 0 Å². The summed E-state index contributed by atoms with van der Waals surface area (Å²) in [5, 5.41) is 3.03. The van der Waals surface area contributed by atoms with E-state index < -0.39 is 0 Å². The first-order chi connectivity index (χ1) is 7.06. The van der Waals surface area contributed by atoms with E-state index in [0.29, 0.717) is 0 Å². The van der Waals surface area contributed by atoms with Gasteiger partial charge in [-0.2, -0.15) is 0 Å². The average Bonchev–Trinajstić information content (AvgIpc) is 2.12. The maximum Gasteiger partial charge on any atom is 0.254 e. The van der Waals surface area contributed by atoms with Crippen LogP contribution in [0.15, 0.2) is 4.79 Å². The highest BCUT2D eigenvalue weighted by Gasteiger charge is 2.10. The van der Waals surface area contributed by atoms with Crippen molar-refractivity contribution in [2.75, 3.05) is 13.6 Å².